The van der Waals surface area contributed by atoms with E-state index in [2.05, 4.69) is 102 Å². The molecule has 0 N–H and O–H groups in total. The van der Waals surface area contributed by atoms with Crippen LogP contribution in [-0.4, -0.2) is 19.5 Å². The highest BCUT2D eigenvalue weighted by atomic mass is 16.3. The maximum Gasteiger partial charge on any atom is 0.166 e. The van der Waals surface area contributed by atoms with Gasteiger partial charge in [-0.25, -0.2) is 15.0 Å². The number of hydrogen-bond acceptors (Lipinski definition) is 4. The Morgan fingerprint density at radius 1 is 0.380 bits per heavy atom. The topological polar surface area (TPSA) is 56.7 Å². The first-order chi connectivity index (χ1) is 24.8. The van der Waals surface area contributed by atoms with Crippen LogP contribution >= 0.6 is 0 Å². The predicted molar refractivity (Wildman–Crippen MR) is 203 cm³/mol. The average molecular weight is 641 g/mol. The van der Waals surface area contributed by atoms with Gasteiger partial charge in [-0.2, -0.15) is 0 Å². The van der Waals surface area contributed by atoms with Crippen LogP contribution in [0.4, 0.5) is 0 Å². The first-order valence-corrected chi connectivity index (χ1v) is 16.7. The minimum atomic E-state index is 0.591. The molecule has 0 saturated heterocycles. The Balaban J connectivity index is 1.37. The molecule has 0 radical (unpaired) electrons. The van der Waals surface area contributed by atoms with E-state index in [4.69, 9.17) is 19.4 Å². The summed E-state index contributed by atoms with van der Waals surface area (Å²) in [6.45, 7) is 0. The summed E-state index contributed by atoms with van der Waals surface area (Å²) in [4.78, 5) is 15.4. The zero-order chi connectivity index (χ0) is 33.0. The molecule has 3 aromatic heterocycles. The molecule has 3 heterocycles. The highest BCUT2D eigenvalue weighted by Crippen LogP contribution is 2.44. The molecule has 0 saturated carbocycles. The third kappa shape index (κ3) is 4.45. The zero-order valence-corrected chi connectivity index (χ0v) is 26.9. The summed E-state index contributed by atoms with van der Waals surface area (Å²) in [5.74, 6) is 1.83. The standard InChI is InChI=1S/C45H28N4O/c1-4-15-29(16-5-1)32-23-14-24-37(45-47-43(30-17-6-2-7-18-30)46-44(48-45)31-19-8-3-9-20-31)40(32)49-38-25-12-10-21-33(38)35-27-28-36-34-22-11-13-26-39(34)50-42(36)41(35)49/h1-28H. The SMILES string of the molecule is c1ccc(-c2nc(-c3ccccc3)nc(-c3cccc(-c4ccccc4)c3-n3c4ccccc4c4ccc5c6ccccc6oc5c43)n2)cc1. The lowest BCUT2D eigenvalue weighted by molar-refractivity contribution is 0.671. The van der Waals surface area contributed by atoms with E-state index in [1.807, 2.05) is 72.8 Å². The van der Waals surface area contributed by atoms with Crippen LogP contribution in [-0.2, 0) is 0 Å². The zero-order valence-electron chi connectivity index (χ0n) is 26.9. The lowest BCUT2D eigenvalue weighted by Crippen LogP contribution is -2.05. The minimum absolute atomic E-state index is 0.591. The number of nitrogens with zero attached hydrogens (tertiary/aromatic N) is 4. The molecule has 234 valence electrons. The molecular weight excluding hydrogens is 613 g/mol. The second-order valence-electron chi connectivity index (χ2n) is 12.4. The molecule has 5 heteroatoms. The number of rotatable bonds is 5. The molecule has 0 aliphatic carbocycles. The molecule has 0 unspecified atom stereocenters. The first kappa shape index (κ1) is 28.2. The lowest BCUT2D eigenvalue weighted by atomic mass is 9.98. The van der Waals surface area contributed by atoms with Crippen LogP contribution in [0.5, 0.6) is 0 Å². The van der Waals surface area contributed by atoms with Gasteiger partial charge < -0.3 is 8.98 Å². The molecule has 7 aromatic carbocycles. The number of para-hydroxylation sites is 3. The Morgan fingerprint density at radius 2 is 0.920 bits per heavy atom. The third-order valence-electron chi connectivity index (χ3n) is 9.46. The van der Waals surface area contributed by atoms with Gasteiger partial charge in [0.15, 0.2) is 23.1 Å². The van der Waals surface area contributed by atoms with Gasteiger partial charge in [-0.05, 0) is 29.8 Å². The van der Waals surface area contributed by atoms with Crippen molar-refractivity contribution >= 4 is 43.7 Å². The average Bonchev–Trinajstić information content (AvgIpc) is 3.74. The van der Waals surface area contributed by atoms with Crippen molar-refractivity contribution in [1.29, 1.82) is 0 Å². The molecule has 5 nitrogen and oxygen atoms in total. The molecule has 0 bridgehead atoms. The number of hydrogen-bond donors (Lipinski definition) is 0. The van der Waals surface area contributed by atoms with Crippen molar-refractivity contribution in [3.8, 4) is 51.0 Å². The summed E-state index contributed by atoms with van der Waals surface area (Å²) < 4.78 is 9.10. The van der Waals surface area contributed by atoms with Gasteiger partial charge in [0.25, 0.3) is 0 Å². The van der Waals surface area contributed by atoms with Gasteiger partial charge in [0.2, 0.25) is 0 Å². The van der Waals surface area contributed by atoms with Gasteiger partial charge in [-0.15, -0.1) is 0 Å². The van der Waals surface area contributed by atoms with Gasteiger partial charge in [0, 0.05) is 43.8 Å². The van der Waals surface area contributed by atoms with Crippen LogP contribution in [0.25, 0.3) is 94.7 Å². The molecule has 0 fully saturated rings. The first-order valence-electron chi connectivity index (χ1n) is 16.7. The minimum Gasteiger partial charge on any atom is -0.454 e. The van der Waals surface area contributed by atoms with E-state index in [0.29, 0.717) is 17.5 Å². The summed E-state index contributed by atoms with van der Waals surface area (Å²) in [7, 11) is 0. The Kier molecular flexibility index (Phi) is 6.42. The largest absolute Gasteiger partial charge is 0.454 e. The fourth-order valence-electron chi connectivity index (χ4n) is 7.21. The Bertz CT molecular complexity index is 2800. The molecular formula is C45H28N4O. The molecule has 0 aliphatic rings. The molecule has 0 spiro atoms. The summed E-state index contributed by atoms with van der Waals surface area (Å²) in [6, 6.07) is 58.4. The third-order valence-corrected chi connectivity index (χ3v) is 9.46. The maximum atomic E-state index is 6.74. The second-order valence-corrected chi connectivity index (χ2v) is 12.4. The van der Waals surface area contributed by atoms with Gasteiger partial charge in [0.1, 0.15) is 5.58 Å². The van der Waals surface area contributed by atoms with E-state index in [1.165, 1.54) is 0 Å². The Hall–Kier alpha value is -6.85. The van der Waals surface area contributed by atoms with Gasteiger partial charge in [-0.3, -0.25) is 0 Å². The number of benzene rings is 7. The lowest BCUT2D eigenvalue weighted by Gasteiger charge is -2.19. The van der Waals surface area contributed by atoms with Gasteiger partial charge in [0.05, 0.1) is 16.7 Å². The van der Waals surface area contributed by atoms with Crippen LogP contribution < -0.4 is 0 Å². The maximum absolute atomic E-state index is 6.74. The van der Waals surface area contributed by atoms with E-state index in [1.54, 1.807) is 0 Å². The van der Waals surface area contributed by atoms with Crippen molar-refractivity contribution in [2.24, 2.45) is 0 Å². The smallest absolute Gasteiger partial charge is 0.166 e. The fourth-order valence-corrected chi connectivity index (χ4v) is 7.21. The van der Waals surface area contributed by atoms with Crippen LogP contribution in [0.1, 0.15) is 0 Å². The summed E-state index contributed by atoms with van der Waals surface area (Å²) in [5.41, 5.74) is 9.64. The van der Waals surface area contributed by atoms with Crippen molar-refractivity contribution in [3.05, 3.63) is 170 Å². The number of furan rings is 1. The molecule has 0 aliphatic heterocycles. The second kappa shape index (κ2) is 11.4. The van der Waals surface area contributed by atoms with Crippen LogP contribution in [0.15, 0.2) is 174 Å². The van der Waals surface area contributed by atoms with Crippen molar-refractivity contribution in [3.63, 3.8) is 0 Å². The molecule has 10 aromatic rings. The molecule has 10 rings (SSSR count). The van der Waals surface area contributed by atoms with E-state index in [0.717, 1.165) is 77.2 Å². The molecule has 50 heavy (non-hydrogen) atoms. The summed E-state index contributed by atoms with van der Waals surface area (Å²) >= 11 is 0. The van der Waals surface area contributed by atoms with Gasteiger partial charge in [-0.1, -0.05) is 146 Å². The van der Waals surface area contributed by atoms with Crippen LogP contribution in [0.2, 0.25) is 0 Å². The number of aromatic nitrogens is 4. The van der Waals surface area contributed by atoms with Crippen molar-refractivity contribution in [1.82, 2.24) is 19.5 Å². The van der Waals surface area contributed by atoms with E-state index < -0.39 is 0 Å². The number of fused-ring (bicyclic) bond motifs is 7. The van der Waals surface area contributed by atoms with E-state index >= 15 is 0 Å². The highest BCUT2D eigenvalue weighted by Gasteiger charge is 2.25. The molecule has 0 amide bonds. The Labute approximate surface area is 287 Å². The summed E-state index contributed by atoms with van der Waals surface area (Å²) in [6.07, 6.45) is 0. The van der Waals surface area contributed by atoms with Crippen molar-refractivity contribution in [2.75, 3.05) is 0 Å². The fraction of sp³-hybridized carbons (Fsp3) is 0. The highest BCUT2D eigenvalue weighted by molar-refractivity contribution is 6.22. The van der Waals surface area contributed by atoms with Crippen molar-refractivity contribution < 1.29 is 4.42 Å². The van der Waals surface area contributed by atoms with E-state index in [-0.39, 0.29) is 0 Å². The van der Waals surface area contributed by atoms with Crippen LogP contribution in [0.3, 0.4) is 0 Å². The van der Waals surface area contributed by atoms with Gasteiger partial charge >= 0.3 is 0 Å². The predicted octanol–water partition coefficient (Wildman–Crippen LogP) is 11.5. The van der Waals surface area contributed by atoms with Crippen LogP contribution in [0, 0.1) is 0 Å². The Morgan fingerprint density at radius 3 is 1.62 bits per heavy atom. The van der Waals surface area contributed by atoms with Crippen molar-refractivity contribution in [2.45, 2.75) is 0 Å². The summed E-state index contributed by atoms with van der Waals surface area (Å²) in [5, 5.41) is 4.43. The molecule has 0 atom stereocenters. The quantitative estimate of drug-likeness (QED) is 0.188. The van der Waals surface area contributed by atoms with E-state index in [9.17, 15) is 0 Å². The monoisotopic (exact) mass is 640 g/mol. The normalized spacial score (nSPS) is 11.6.